The molecule has 0 radical (unpaired) electrons. The highest BCUT2D eigenvalue weighted by atomic mass is 19.4. The van der Waals surface area contributed by atoms with Crippen molar-refractivity contribution in [2.45, 2.75) is 36.6 Å². The molecule has 1 aliphatic rings. The maximum atomic E-state index is 13.4. The van der Waals surface area contributed by atoms with Crippen molar-refractivity contribution in [1.82, 2.24) is 9.55 Å². The van der Waals surface area contributed by atoms with Gasteiger partial charge in [-0.15, -0.1) is 0 Å². The fourth-order valence-corrected chi connectivity index (χ4v) is 2.16. The van der Waals surface area contributed by atoms with Gasteiger partial charge in [-0.25, -0.2) is 4.79 Å². The monoisotopic (exact) mass is 362 g/mol. The van der Waals surface area contributed by atoms with Crippen LogP contribution in [0.25, 0.3) is 0 Å². The van der Waals surface area contributed by atoms with Crippen LogP contribution in [0.4, 0.5) is 22.0 Å². The highest BCUT2D eigenvalue weighted by molar-refractivity contribution is 5.15. The molecule has 1 aromatic heterocycles. The van der Waals surface area contributed by atoms with E-state index in [9.17, 15) is 41.8 Å². The third-order valence-electron chi connectivity index (χ3n) is 3.45. The van der Waals surface area contributed by atoms with E-state index in [1.165, 1.54) is 4.98 Å². The first kappa shape index (κ1) is 18.5. The van der Waals surface area contributed by atoms with Gasteiger partial charge in [-0.2, -0.15) is 22.0 Å². The van der Waals surface area contributed by atoms with Crippen molar-refractivity contribution < 1.29 is 42.0 Å². The van der Waals surface area contributed by atoms with Crippen LogP contribution in [0.3, 0.4) is 0 Å². The molecule has 0 spiro atoms. The number of alkyl halides is 5. The van der Waals surface area contributed by atoms with Crippen LogP contribution in [0.5, 0.6) is 0 Å². The molecule has 2 rings (SSSR count). The number of rotatable bonds is 3. The number of aliphatic hydroxyl groups excluding tert-OH is 3. The largest absolute Gasteiger partial charge is 0.458 e. The van der Waals surface area contributed by atoms with Crippen LogP contribution < -0.4 is 11.2 Å². The van der Waals surface area contributed by atoms with E-state index in [1.807, 2.05) is 0 Å². The predicted octanol–water partition coefficient (Wildman–Crippen LogP) is -1.20. The standard InChI is InChI=1S/C11H11F5N2O6/c12-10(13,11(14,15)16)3-1-18(9(23)17-7(3)22)8-6(21)5(20)4(2-19)24-8/h1,4-6,8,19-21H,2H2,(H,17,22,23)/t4-,5-,6-,8-/m1/s1. The molecule has 24 heavy (non-hydrogen) atoms. The summed E-state index contributed by atoms with van der Waals surface area (Å²) >= 11 is 0. The highest BCUT2D eigenvalue weighted by Crippen LogP contribution is 2.42. The maximum Gasteiger partial charge on any atom is 0.458 e. The molecule has 1 fully saturated rings. The lowest BCUT2D eigenvalue weighted by atomic mass is 10.1. The van der Waals surface area contributed by atoms with Gasteiger partial charge in [0.25, 0.3) is 5.56 Å². The minimum absolute atomic E-state index is 0.0833. The Labute approximate surface area is 128 Å². The summed E-state index contributed by atoms with van der Waals surface area (Å²) in [5.41, 5.74) is -5.51. The van der Waals surface area contributed by atoms with Gasteiger partial charge in [0.15, 0.2) is 6.23 Å². The highest BCUT2D eigenvalue weighted by Gasteiger charge is 2.60. The fraction of sp³-hybridized carbons (Fsp3) is 0.636. The molecule has 4 atom stereocenters. The molecule has 8 nitrogen and oxygen atoms in total. The zero-order chi connectivity index (χ0) is 18.4. The number of aromatic amines is 1. The number of aliphatic hydroxyl groups is 3. The molecular formula is C11H11F5N2O6. The molecule has 1 aliphatic heterocycles. The van der Waals surface area contributed by atoms with E-state index in [4.69, 9.17) is 9.84 Å². The van der Waals surface area contributed by atoms with Crippen LogP contribution >= 0.6 is 0 Å². The Morgan fingerprint density at radius 3 is 2.21 bits per heavy atom. The van der Waals surface area contributed by atoms with Gasteiger partial charge in [-0.1, -0.05) is 0 Å². The van der Waals surface area contributed by atoms with Crippen molar-refractivity contribution in [3.8, 4) is 0 Å². The molecule has 0 amide bonds. The molecular weight excluding hydrogens is 351 g/mol. The number of halogens is 5. The molecule has 4 N–H and O–H groups in total. The van der Waals surface area contributed by atoms with Gasteiger partial charge in [0, 0.05) is 6.20 Å². The van der Waals surface area contributed by atoms with E-state index in [0.717, 1.165) is 0 Å². The van der Waals surface area contributed by atoms with E-state index in [0.29, 0.717) is 0 Å². The van der Waals surface area contributed by atoms with Gasteiger partial charge >= 0.3 is 17.8 Å². The van der Waals surface area contributed by atoms with Gasteiger partial charge in [-0.05, 0) is 0 Å². The second-order valence-corrected chi connectivity index (χ2v) is 5.01. The summed E-state index contributed by atoms with van der Waals surface area (Å²) in [6.07, 6.45) is -13.2. The minimum atomic E-state index is -6.11. The predicted molar refractivity (Wildman–Crippen MR) is 64.3 cm³/mol. The number of aromatic nitrogens is 2. The number of H-pyrrole nitrogens is 1. The van der Waals surface area contributed by atoms with Crippen molar-refractivity contribution in [2.24, 2.45) is 0 Å². The van der Waals surface area contributed by atoms with Crippen LogP contribution in [0.1, 0.15) is 11.8 Å². The Bertz CT molecular complexity index is 729. The third kappa shape index (κ3) is 2.83. The Kier molecular flexibility index (Phi) is 4.56. The molecule has 0 aliphatic carbocycles. The summed E-state index contributed by atoms with van der Waals surface area (Å²) in [5.74, 6) is -5.57. The van der Waals surface area contributed by atoms with Crippen molar-refractivity contribution in [3.05, 3.63) is 32.6 Å². The maximum absolute atomic E-state index is 13.4. The van der Waals surface area contributed by atoms with Crippen LogP contribution in [0.15, 0.2) is 15.8 Å². The lowest BCUT2D eigenvalue weighted by Crippen LogP contribution is -2.44. The summed E-state index contributed by atoms with van der Waals surface area (Å²) in [5, 5.41) is 28.2. The molecule has 0 aromatic carbocycles. The molecule has 0 bridgehead atoms. The van der Waals surface area contributed by atoms with Crippen LogP contribution in [-0.2, 0) is 10.7 Å². The molecule has 1 saturated heterocycles. The van der Waals surface area contributed by atoms with E-state index in [2.05, 4.69) is 0 Å². The average Bonchev–Trinajstić information content (AvgIpc) is 2.73. The minimum Gasteiger partial charge on any atom is -0.394 e. The molecule has 2 heterocycles. The van der Waals surface area contributed by atoms with Crippen molar-refractivity contribution in [3.63, 3.8) is 0 Å². The number of nitrogens with zero attached hydrogens (tertiary/aromatic N) is 1. The van der Waals surface area contributed by atoms with Gasteiger partial charge in [0.05, 0.1) is 6.61 Å². The first-order chi connectivity index (χ1) is 10.9. The summed E-state index contributed by atoms with van der Waals surface area (Å²) in [6, 6.07) is 0. The molecule has 13 heteroatoms. The van der Waals surface area contributed by atoms with Crippen molar-refractivity contribution in [2.75, 3.05) is 6.61 Å². The lowest BCUT2D eigenvalue weighted by Gasteiger charge is -2.22. The molecule has 136 valence electrons. The summed E-state index contributed by atoms with van der Waals surface area (Å²) < 4.78 is 69.0. The van der Waals surface area contributed by atoms with Crippen molar-refractivity contribution in [1.29, 1.82) is 0 Å². The van der Waals surface area contributed by atoms with Crippen LogP contribution in [-0.4, -0.2) is 56.0 Å². The normalized spacial score (nSPS) is 28.3. The Balaban J connectivity index is 2.57. The smallest absolute Gasteiger partial charge is 0.394 e. The van der Waals surface area contributed by atoms with Gasteiger partial charge in [0.1, 0.15) is 23.9 Å². The zero-order valence-corrected chi connectivity index (χ0v) is 11.5. The van der Waals surface area contributed by atoms with E-state index >= 15 is 0 Å². The van der Waals surface area contributed by atoms with Gasteiger partial charge in [0.2, 0.25) is 0 Å². The molecule has 1 aromatic rings. The zero-order valence-electron chi connectivity index (χ0n) is 11.5. The Hall–Kier alpha value is -1.83. The second-order valence-electron chi connectivity index (χ2n) is 5.01. The average molecular weight is 362 g/mol. The summed E-state index contributed by atoms with van der Waals surface area (Å²) in [4.78, 5) is 24.2. The number of hydrogen-bond acceptors (Lipinski definition) is 6. The topological polar surface area (TPSA) is 125 Å². The first-order valence-corrected chi connectivity index (χ1v) is 6.34. The van der Waals surface area contributed by atoms with Gasteiger partial charge < -0.3 is 20.1 Å². The van der Waals surface area contributed by atoms with Crippen molar-refractivity contribution >= 4 is 0 Å². The van der Waals surface area contributed by atoms with Gasteiger partial charge in [-0.3, -0.25) is 14.3 Å². The SMILES string of the molecule is O=c1[nH]c(=O)n([C@@H]2O[C@H](CO)[C@@H](O)[C@H]2O)cc1C(F)(F)C(F)(F)F. The first-order valence-electron chi connectivity index (χ1n) is 6.34. The third-order valence-corrected chi connectivity index (χ3v) is 3.45. The Morgan fingerprint density at radius 1 is 1.17 bits per heavy atom. The Morgan fingerprint density at radius 2 is 1.75 bits per heavy atom. The van der Waals surface area contributed by atoms with E-state index in [1.54, 1.807) is 0 Å². The summed E-state index contributed by atoms with van der Waals surface area (Å²) in [7, 11) is 0. The fourth-order valence-electron chi connectivity index (χ4n) is 2.16. The van der Waals surface area contributed by atoms with Crippen LogP contribution in [0.2, 0.25) is 0 Å². The number of ether oxygens (including phenoxy) is 1. The lowest BCUT2D eigenvalue weighted by molar-refractivity contribution is -0.290. The van der Waals surface area contributed by atoms with E-state index in [-0.39, 0.29) is 10.8 Å². The van der Waals surface area contributed by atoms with E-state index < -0.39 is 60.1 Å². The summed E-state index contributed by atoms with van der Waals surface area (Å²) in [6.45, 7) is -0.821. The molecule has 0 saturated carbocycles. The number of hydrogen-bond donors (Lipinski definition) is 4. The quantitative estimate of drug-likeness (QED) is 0.501. The second kappa shape index (κ2) is 5.91. The molecule has 0 unspecified atom stereocenters. The number of nitrogens with one attached hydrogen (secondary N) is 1. The van der Waals surface area contributed by atoms with Crippen LogP contribution in [0, 0.1) is 0 Å².